The molecule has 1 fully saturated rings. The summed E-state index contributed by atoms with van der Waals surface area (Å²) in [6.07, 6.45) is -0.174. The summed E-state index contributed by atoms with van der Waals surface area (Å²) in [6.45, 7) is 3.87. The maximum Gasteiger partial charge on any atom is 0.337 e. The van der Waals surface area contributed by atoms with E-state index >= 15 is 0 Å². The summed E-state index contributed by atoms with van der Waals surface area (Å²) in [5, 5.41) is 3.63. The molecule has 0 radical (unpaired) electrons. The minimum atomic E-state index is -0.363. The number of ether oxygens (including phenoxy) is 2. The van der Waals surface area contributed by atoms with Crippen molar-refractivity contribution in [3.05, 3.63) is 101 Å². The molecule has 2 amide bonds. The smallest absolute Gasteiger partial charge is 0.337 e. The van der Waals surface area contributed by atoms with E-state index in [9.17, 15) is 9.59 Å². The number of carbonyl (C=O) groups is 2. The first kappa shape index (κ1) is 25.7. The molecule has 0 unspecified atom stereocenters. The van der Waals surface area contributed by atoms with Crippen LogP contribution in [0.4, 0.5) is 10.5 Å². The van der Waals surface area contributed by atoms with Crippen molar-refractivity contribution in [2.75, 3.05) is 45.2 Å². The van der Waals surface area contributed by atoms with Crippen LogP contribution in [0.2, 0.25) is 5.02 Å². The van der Waals surface area contributed by atoms with Crippen LogP contribution >= 0.6 is 11.6 Å². The van der Waals surface area contributed by atoms with Gasteiger partial charge in [0, 0.05) is 43.4 Å². The third-order valence-corrected chi connectivity index (χ3v) is 6.43. The van der Waals surface area contributed by atoms with Crippen LogP contribution in [0.15, 0.2) is 78.9 Å². The van der Waals surface area contributed by atoms with E-state index in [-0.39, 0.29) is 18.1 Å². The zero-order chi connectivity index (χ0) is 25.3. The van der Waals surface area contributed by atoms with E-state index in [2.05, 4.69) is 10.2 Å². The van der Waals surface area contributed by atoms with Gasteiger partial charge >= 0.3 is 12.0 Å². The molecular formula is C28H30ClN3O4. The molecule has 0 bridgehead atoms. The Morgan fingerprint density at radius 2 is 1.58 bits per heavy atom. The van der Waals surface area contributed by atoms with Gasteiger partial charge in [0.2, 0.25) is 0 Å². The van der Waals surface area contributed by atoms with Crippen molar-refractivity contribution >= 4 is 29.3 Å². The second-order valence-corrected chi connectivity index (χ2v) is 9.06. The maximum atomic E-state index is 12.6. The van der Waals surface area contributed by atoms with Crippen molar-refractivity contribution in [2.45, 2.75) is 12.7 Å². The minimum absolute atomic E-state index is 0.0817. The summed E-state index contributed by atoms with van der Waals surface area (Å²) in [5.74, 6) is -0.363. The molecule has 1 heterocycles. The molecule has 0 saturated carbocycles. The van der Waals surface area contributed by atoms with Gasteiger partial charge in [-0.05, 0) is 47.5 Å². The highest BCUT2D eigenvalue weighted by Gasteiger charge is 2.24. The maximum absolute atomic E-state index is 12.6. The van der Waals surface area contributed by atoms with E-state index in [0.29, 0.717) is 36.8 Å². The number of piperazine rings is 1. The fraction of sp³-hybridized carbons (Fsp3) is 0.286. The molecule has 188 valence electrons. The number of hydrogen-bond donors (Lipinski definition) is 1. The lowest BCUT2D eigenvalue weighted by molar-refractivity contribution is 0.00592. The zero-order valence-electron chi connectivity index (χ0n) is 20.2. The monoisotopic (exact) mass is 507 g/mol. The molecule has 36 heavy (non-hydrogen) atoms. The Balaban J connectivity index is 1.35. The number of nitrogens with zero attached hydrogens (tertiary/aromatic N) is 2. The number of esters is 1. The highest BCUT2D eigenvalue weighted by Crippen LogP contribution is 2.24. The number of amides is 2. The summed E-state index contributed by atoms with van der Waals surface area (Å²) in [5.41, 5.74) is 3.30. The predicted octanol–water partition coefficient (Wildman–Crippen LogP) is 5.23. The van der Waals surface area contributed by atoms with Gasteiger partial charge in [-0.25, -0.2) is 9.59 Å². The number of rotatable bonds is 8. The molecule has 1 saturated heterocycles. The standard InChI is InChI=1S/C28H30ClN3O4/c1-35-27(33)23-9-7-21(8-10-23)20-36-26(22-11-13-24(29)14-12-22)19-31-15-17-32(18-16-31)28(34)30-25-5-3-2-4-6-25/h2-14,26H,15-20H2,1H3,(H,30,34)/t26-/m1/s1. The normalized spacial score (nSPS) is 14.8. The molecule has 1 aliphatic heterocycles. The Kier molecular flexibility index (Phi) is 8.95. The van der Waals surface area contributed by atoms with Crippen LogP contribution in [0.1, 0.15) is 27.6 Å². The number of halogens is 1. The molecule has 0 spiro atoms. The molecular weight excluding hydrogens is 478 g/mol. The van der Waals surface area contributed by atoms with Crippen LogP contribution in [0.25, 0.3) is 0 Å². The van der Waals surface area contributed by atoms with E-state index in [4.69, 9.17) is 21.1 Å². The van der Waals surface area contributed by atoms with Crippen LogP contribution in [0, 0.1) is 0 Å². The van der Waals surface area contributed by atoms with Crippen molar-refractivity contribution in [1.82, 2.24) is 9.80 Å². The minimum Gasteiger partial charge on any atom is -0.465 e. The number of carbonyl (C=O) groups excluding carboxylic acids is 2. The molecule has 3 aromatic rings. The van der Waals surface area contributed by atoms with Gasteiger partial charge in [-0.2, -0.15) is 0 Å². The lowest BCUT2D eigenvalue weighted by Crippen LogP contribution is -2.50. The third kappa shape index (κ3) is 7.07. The first-order valence-corrected chi connectivity index (χ1v) is 12.3. The number of para-hydroxylation sites is 1. The fourth-order valence-corrected chi connectivity index (χ4v) is 4.20. The number of hydrogen-bond acceptors (Lipinski definition) is 5. The highest BCUT2D eigenvalue weighted by molar-refractivity contribution is 6.30. The van der Waals surface area contributed by atoms with E-state index in [1.807, 2.05) is 71.6 Å². The van der Waals surface area contributed by atoms with Crippen LogP contribution in [0.5, 0.6) is 0 Å². The van der Waals surface area contributed by atoms with Gasteiger partial charge in [0.25, 0.3) is 0 Å². The van der Waals surface area contributed by atoms with Crippen molar-refractivity contribution in [3.8, 4) is 0 Å². The Morgan fingerprint density at radius 3 is 2.22 bits per heavy atom. The largest absolute Gasteiger partial charge is 0.465 e. The Hall–Kier alpha value is -3.39. The summed E-state index contributed by atoms with van der Waals surface area (Å²) >= 11 is 6.10. The Bertz CT molecular complexity index is 1130. The van der Waals surface area contributed by atoms with Gasteiger partial charge in [0.15, 0.2) is 0 Å². The quantitative estimate of drug-likeness (QED) is 0.422. The number of benzene rings is 3. The van der Waals surface area contributed by atoms with E-state index in [0.717, 1.165) is 29.9 Å². The van der Waals surface area contributed by atoms with Gasteiger partial charge in [0.1, 0.15) is 0 Å². The lowest BCUT2D eigenvalue weighted by atomic mass is 10.1. The molecule has 8 heteroatoms. The van der Waals surface area contributed by atoms with E-state index in [1.165, 1.54) is 7.11 Å². The molecule has 3 aromatic carbocycles. The summed E-state index contributed by atoms with van der Waals surface area (Å²) in [4.78, 5) is 28.5. The summed E-state index contributed by atoms with van der Waals surface area (Å²) < 4.78 is 11.1. The Labute approximate surface area is 216 Å². The van der Waals surface area contributed by atoms with Crippen LogP contribution in [-0.4, -0.2) is 61.6 Å². The first-order valence-electron chi connectivity index (χ1n) is 11.9. The number of nitrogens with one attached hydrogen (secondary N) is 1. The topological polar surface area (TPSA) is 71.1 Å². The molecule has 0 aromatic heterocycles. The van der Waals surface area contributed by atoms with E-state index < -0.39 is 0 Å². The fourth-order valence-electron chi connectivity index (χ4n) is 4.08. The van der Waals surface area contributed by atoms with Gasteiger partial charge in [-0.3, -0.25) is 4.90 Å². The number of anilines is 1. The lowest BCUT2D eigenvalue weighted by Gasteiger charge is -2.36. The number of urea groups is 1. The molecule has 1 atom stereocenters. The second kappa shape index (κ2) is 12.5. The van der Waals surface area contributed by atoms with Gasteiger partial charge in [-0.1, -0.05) is 54.1 Å². The van der Waals surface area contributed by atoms with Crippen molar-refractivity contribution in [3.63, 3.8) is 0 Å². The van der Waals surface area contributed by atoms with Crippen LogP contribution < -0.4 is 5.32 Å². The van der Waals surface area contributed by atoms with E-state index in [1.54, 1.807) is 12.1 Å². The molecule has 0 aliphatic carbocycles. The van der Waals surface area contributed by atoms with Gasteiger partial charge < -0.3 is 19.7 Å². The third-order valence-electron chi connectivity index (χ3n) is 6.18. The first-order chi connectivity index (χ1) is 17.5. The van der Waals surface area contributed by atoms with Gasteiger partial charge in [-0.15, -0.1) is 0 Å². The van der Waals surface area contributed by atoms with Crippen LogP contribution in [-0.2, 0) is 16.1 Å². The molecule has 1 N–H and O–H groups in total. The zero-order valence-corrected chi connectivity index (χ0v) is 21.0. The predicted molar refractivity (Wildman–Crippen MR) is 140 cm³/mol. The summed E-state index contributed by atoms with van der Waals surface area (Å²) in [7, 11) is 1.37. The van der Waals surface area contributed by atoms with Crippen molar-refractivity contribution < 1.29 is 19.1 Å². The molecule has 4 rings (SSSR count). The van der Waals surface area contributed by atoms with Gasteiger partial charge in [0.05, 0.1) is 25.4 Å². The van der Waals surface area contributed by atoms with Crippen molar-refractivity contribution in [1.29, 1.82) is 0 Å². The average Bonchev–Trinajstić information content (AvgIpc) is 2.92. The van der Waals surface area contributed by atoms with Crippen molar-refractivity contribution in [2.24, 2.45) is 0 Å². The average molecular weight is 508 g/mol. The Morgan fingerprint density at radius 1 is 0.917 bits per heavy atom. The summed E-state index contributed by atoms with van der Waals surface area (Å²) in [6, 6.07) is 24.3. The van der Waals surface area contributed by atoms with Crippen LogP contribution in [0.3, 0.4) is 0 Å². The SMILES string of the molecule is COC(=O)c1ccc(CO[C@H](CN2CCN(C(=O)Nc3ccccc3)CC2)c2ccc(Cl)cc2)cc1. The molecule has 7 nitrogen and oxygen atoms in total. The number of methoxy groups -OCH3 is 1. The highest BCUT2D eigenvalue weighted by atomic mass is 35.5. The second-order valence-electron chi connectivity index (χ2n) is 8.62. The molecule has 1 aliphatic rings.